The Morgan fingerprint density at radius 2 is 2.44 bits per heavy atom. The molecule has 1 aliphatic heterocycles. The molecule has 3 atom stereocenters. The van der Waals surface area contributed by atoms with Crippen LogP contribution >= 0.6 is 0 Å². The predicted octanol–water partition coefficient (Wildman–Crippen LogP) is 1.76. The van der Waals surface area contributed by atoms with Gasteiger partial charge in [0.1, 0.15) is 0 Å². The fraction of sp³-hybridized carbons (Fsp3) is 0.786. The standard InChI is InChI=1S/C14H25N3O/c1-4-6-15-13(14-11(2)5-7-18-14)8-12-9-16-17(3)10-12/h9-11,13-15H,4-8H2,1-3H3. The molecule has 1 aromatic rings. The summed E-state index contributed by atoms with van der Waals surface area (Å²) in [5.74, 6) is 0.649. The Morgan fingerprint density at radius 1 is 1.61 bits per heavy atom. The highest BCUT2D eigenvalue weighted by molar-refractivity contribution is 5.07. The summed E-state index contributed by atoms with van der Waals surface area (Å²) in [5, 5.41) is 7.88. The lowest BCUT2D eigenvalue weighted by atomic mass is 9.93. The number of nitrogens with zero attached hydrogens (tertiary/aromatic N) is 2. The first-order valence-corrected chi connectivity index (χ1v) is 7.03. The maximum Gasteiger partial charge on any atom is 0.0757 e. The summed E-state index contributed by atoms with van der Waals surface area (Å²) >= 11 is 0. The molecule has 1 aromatic heterocycles. The lowest BCUT2D eigenvalue weighted by molar-refractivity contribution is 0.0610. The van der Waals surface area contributed by atoms with E-state index in [9.17, 15) is 0 Å². The zero-order chi connectivity index (χ0) is 13.0. The van der Waals surface area contributed by atoms with Crippen molar-refractivity contribution in [1.29, 1.82) is 0 Å². The van der Waals surface area contributed by atoms with Gasteiger partial charge < -0.3 is 10.1 Å². The largest absolute Gasteiger partial charge is 0.376 e. The zero-order valence-electron chi connectivity index (χ0n) is 11.7. The summed E-state index contributed by atoms with van der Waals surface area (Å²) < 4.78 is 7.78. The summed E-state index contributed by atoms with van der Waals surface area (Å²) in [6, 6.07) is 0.409. The number of ether oxygens (including phenoxy) is 1. The van der Waals surface area contributed by atoms with Crippen LogP contribution in [0.3, 0.4) is 0 Å². The number of nitrogens with one attached hydrogen (secondary N) is 1. The highest BCUT2D eigenvalue weighted by Gasteiger charge is 2.31. The molecule has 2 rings (SSSR count). The zero-order valence-corrected chi connectivity index (χ0v) is 11.7. The molecule has 0 saturated carbocycles. The van der Waals surface area contributed by atoms with Gasteiger partial charge in [-0.15, -0.1) is 0 Å². The monoisotopic (exact) mass is 251 g/mol. The highest BCUT2D eigenvalue weighted by Crippen LogP contribution is 2.24. The fourth-order valence-corrected chi connectivity index (χ4v) is 2.70. The van der Waals surface area contributed by atoms with Crippen LogP contribution in [0.25, 0.3) is 0 Å². The molecule has 1 aliphatic rings. The number of hydrogen-bond acceptors (Lipinski definition) is 3. The number of hydrogen-bond donors (Lipinski definition) is 1. The van der Waals surface area contributed by atoms with E-state index in [-0.39, 0.29) is 0 Å². The second-order valence-corrected chi connectivity index (χ2v) is 5.39. The van der Waals surface area contributed by atoms with Crippen molar-refractivity contribution in [3.63, 3.8) is 0 Å². The van der Waals surface area contributed by atoms with Crippen LogP contribution in [0.15, 0.2) is 12.4 Å². The molecule has 1 fully saturated rings. The van der Waals surface area contributed by atoms with Crippen LogP contribution in [0.2, 0.25) is 0 Å². The summed E-state index contributed by atoms with van der Waals surface area (Å²) in [6.45, 7) is 6.45. The van der Waals surface area contributed by atoms with Crippen LogP contribution in [-0.4, -0.2) is 35.1 Å². The lowest BCUT2D eigenvalue weighted by Crippen LogP contribution is -2.44. The average molecular weight is 251 g/mol. The second kappa shape index (κ2) is 6.34. The first-order chi connectivity index (χ1) is 8.70. The Labute approximate surface area is 110 Å². The minimum atomic E-state index is 0.344. The SMILES string of the molecule is CCCNC(Cc1cnn(C)c1)C1OCCC1C. The first-order valence-electron chi connectivity index (χ1n) is 7.03. The van der Waals surface area contributed by atoms with E-state index in [1.165, 1.54) is 12.0 Å². The molecule has 0 radical (unpaired) electrons. The third kappa shape index (κ3) is 3.33. The van der Waals surface area contributed by atoms with Gasteiger partial charge in [0.05, 0.1) is 12.3 Å². The summed E-state index contributed by atoms with van der Waals surface area (Å²) in [6.07, 6.45) is 7.74. The minimum Gasteiger partial charge on any atom is -0.376 e. The van der Waals surface area contributed by atoms with Crippen LogP contribution in [0.4, 0.5) is 0 Å². The highest BCUT2D eigenvalue weighted by atomic mass is 16.5. The van der Waals surface area contributed by atoms with Gasteiger partial charge in [-0.3, -0.25) is 4.68 Å². The van der Waals surface area contributed by atoms with E-state index in [4.69, 9.17) is 4.74 Å². The van der Waals surface area contributed by atoms with E-state index in [0.717, 1.165) is 26.0 Å². The molecule has 102 valence electrons. The molecule has 18 heavy (non-hydrogen) atoms. The van der Waals surface area contributed by atoms with Crippen LogP contribution in [0.1, 0.15) is 32.3 Å². The Kier molecular flexibility index (Phi) is 4.78. The maximum atomic E-state index is 5.91. The third-order valence-electron chi connectivity index (χ3n) is 3.71. The molecular weight excluding hydrogens is 226 g/mol. The van der Waals surface area contributed by atoms with Crippen molar-refractivity contribution < 1.29 is 4.74 Å². The fourth-order valence-electron chi connectivity index (χ4n) is 2.70. The molecule has 4 heteroatoms. The van der Waals surface area contributed by atoms with E-state index in [2.05, 4.69) is 30.5 Å². The van der Waals surface area contributed by atoms with Crippen molar-refractivity contribution in [3.8, 4) is 0 Å². The normalized spacial score (nSPS) is 25.5. The smallest absolute Gasteiger partial charge is 0.0757 e. The quantitative estimate of drug-likeness (QED) is 0.837. The van der Waals surface area contributed by atoms with Gasteiger partial charge in [-0.25, -0.2) is 0 Å². The van der Waals surface area contributed by atoms with Gasteiger partial charge >= 0.3 is 0 Å². The molecule has 0 aliphatic carbocycles. The predicted molar refractivity (Wildman–Crippen MR) is 72.5 cm³/mol. The molecule has 3 unspecified atom stereocenters. The maximum absolute atomic E-state index is 5.91. The Balaban J connectivity index is 2.00. The van der Waals surface area contributed by atoms with E-state index < -0.39 is 0 Å². The topological polar surface area (TPSA) is 39.1 Å². The van der Waals surface area contributed by atoms with Crippen molar-refractivity contribution in [1.82, 2.24) is 15.1 Å². The number of rotatable bonds is 6. The van der Waals surface area contributed by atoms with Gasteiger partial charge in [-0.1, -0.05) is 13.8 Å². The number of aryl methyl sites for hydroxylation is 1. The minimum absolute atomic E-state index is 0.344. The Hall–Kier alpha value is -0.870. The molecule has 0 bridgehead atoms. The molecule has 2 heterocycles. The van der Waals surface area contributed by atoms with Gasteiger partial charge in [0, 0.05) is 25.9 Å². The Morgan fingerprint density at radius 3 is 3.00 bits per heavy atom. The first kappa shape index (κ1) is 13.6. The van der Waals surface area contributed by atoms with E-state index >= 15 is 0 Å². The molecular formula is C14H25N3O. The van der Waals surface area contributed by atoms with Crippen molar-refractivity contribution in [2.24, 2.45) is 13.0 Å². The van der Waals surface area contributed by atoms with Crippen molar-refractivity contribution >= 4 is 0 Å². The van der Waals surface area contributed by atoms with Gasteiger partial charge in [0.15, 0.2) is 0 Å². The third-order valence-corrected chi connectivity index (χ3v) is 3.71. The van der Waals surface area contributed by atoms with Crippen molar-refractivity contribution in [2.75, 3.05) is 13.2 Å². The van der Waals surface area contributed by atoms with Crippen LogP contribution < -0.4 is 5.32 Å². The second-order valence-electron chi connectivity index (χ2n) is 5.39. The average Bonchev–Trinajstić information content (AvgIpc) is 2.93. The van der Waals surface area contributed by atoms with Crippen LogP contribution in [0, 0.1) is 5.92 Å². The van der Waals surface area contributed by atoms with Gasteiger partial charge in [0.25, 0.3) is 0 Å². The Bertz CT molecular complexity index is 364. The van der Waals surface area contributed by atoms with E-state index in [0.29, 0.717) is 18.1 Å². The van der Waals surface area contributed by atoms with Gasteiger partial charge in [-0.2, -0.15) is 5.10 Å². The summed E-state index contributed by atoms with van der Waals surface area (Å²) in [4.78, 5) is 0. The summed E-state index contributed by atoms with van der Waals surface area (Å²) in [5.41, 5.74) is 1.29. The summed E-state index contributed by atoms with van der Waals surface area (Å²) in [7, 11) is 1.96. The van der Waals surface area contributed by atoms with Crippen molar-refractivity contribution in [3.05, 3.63) is 18.0 Å². The van der Waals surface area contributed by atoms with Gasteiger partial charge in [-0.05, 0) is 37.3 Å². The van der Waals surface area contributed by atoms with Crippen LogP contribution in [-0.2, 0) is 18.2 Å². The number of aromatic nitrogens is 2. The lowest BCUT2D eigenvalue weighted by Gasteiger charge is -2.27. The van der Waals surface area contributed by atoms with E-state index in [1.54, 1.807) is 0 Å². The molecule has 0 amide bonds. The van der Waals surface area contributed by atoms with Crippen LogP contribution in [0.5, 0.6) is 0 Å². The van der Waals surface area contributed by atoms with E-state index in [1.807, 2.05) is 17.9 Å². The van der Waals surface area contributed by atoms with Crippen molar-refractivity contribution in [2.45, 2.75) is 45.3 Å². The van der Waals surface area contributed by atoms with Gasteiger partial charge in [0.2, 0.25) is 0 Å². The molecule has 1 saturated heterocycles. The molecule has 0 aromatic carbocycles. The molecule has 4 nitrogen and oxygen atoms in total. The molecule has 1 N–H and O–H groups in total. The molecule has 0 spiro atoms.